The van der Waals surface area contributed by atoms with Crippen molar-refractivity contribution in [2.75, 3.05) is 23.9 Å². The van der Waals surface area contributed by atoms with Gasteiger partial charge in [0.25, 0.3) is 23.4 Å². The summed E-state index contributed by atoms with van der Waals surface area (Å²) >= 11 is 9.45. The summed E-state index contributed by atoms with van der Waals surface area (Å²) in [5.74, 6) is -2.04. The van der Waals surface area contributed by atoms with Gasteiger partial charge in [-0.25, -0.2) is 9.69 Å². The lowest BCUT2D eigenvalue weighted by molar-refractivity contribution is -0.384. The molecule has 1 aliphatic rings. The number of methoxy groups -OCH3 is 1. The second-order valence-electron chi connectivity index (χ2n) is 8.57. The van der Waals surface area contributed by atoms with E-state index in [1.165, 1.54) is 43.5 Å². The summed E-state index contributed by atoms with van der Waals surface area (Å²) in [4.78, 5) is 61.8. The Balaban J connectivity index is 1.56. The summed E-state index contributed by atoms with van der Waals surface area (Å²) in [6, 6.07) is 11.9. The van der Waals surface area contributed by atoms with Gasteiger partial charge in [0.2, 0.25) is 0 Å². The number of aryl methyl sites for hydroxylation is 1. The fraction of sp³-hybridized carbons (Fsp3) is 0.111. The van der Waals surface area contributed by atoms with Gasteiger partial charge < -0.3 is 14.8 Å². The molecule has 210 valence electrons. The van der Waals surface area contributed by atoms with Crippen LogP contribution in [0.1, 0.15) is 11.1 Å². The fourth-order valence-corrected chi connectivity index (χ4v) is 4.53. The van der Waals surface area contributed by atoms with Gasteiger partial charge in [0.1, 0.15) is 5.57 Å². The van der Waals surface area contributed by atoms with E-state index in [-0.39, 0.29) is 29.5 Å². The van der Waals surface area contributed by atoms with E-state index in [2.05, 4.69) is 26.6 Å². The van der Waals surface area contributed by atoms with Crippen molar-refractivity contribution < 1.29 is 33.6 Å². The first-order valence-electron chi connectivity index (χ1n) is 11.7. The van der Waals surface area contributed by atoms with Gasteiger partial charge in [0, 0.05) is 22.8 Å². The number of barbiturate groups is 1. The van der Waals surface area contributed by atoms with E-state index in [9.17, 15) is 29.3 Å². The van der Waals surface area contributed by atoms with E-state index in [0.29, 0.717) is 25.6 Å². The molecule has 41 heavy (non-hydrogen) atoms. The molecule has 0 bridgehead atoms. The number of imide groups is 2. The number of nitrogens with one attached hydrogen (secondary N) is 2. The molecule has 0 radical (unpaired) electrons. The molecule has 0 atom stereocenters. The molecule has 14 heteroatoms. The normalized spacial score (nSPS) is 14.1. The average molecular weight is 644 g/mol. The number of nitro groups is 1. The number of non-ortho nitro benzene ring substituents is 1. The zero-order valence-corrected chi connectivity index (χ0v) is 23.7. The monoisotopic (exact) mass is 642 g/mol. The van der Waals surface area contributed by atoms with Crippen molar-refractivity contribution in [1.82, 2.24) is 5.32 Å². The third-order valence-electron chi connectivity index (χ3n) is 5.77. The van der Waals surface area contributed by atoms with Crippen molar-refractivity contribution in [3.63, 3.8) is 0 Å². The van der Waals surface area contributed by atoms with Gasteiger partial charge in [-0.1, -0.05) is 23.7 Å². The standard InChI is InChI=1S/C27H20BrClN4O8/c1-14-6-7-16(11-21(14)29)30-23(34)13-41-24-20(28)9-15(10-22(24)40-2)8-19-25(35)31-27(37)32(26(19)36)17-4-3-5-18(12-17)33(38)39/h3-12H,13H2,1-2H3,(H,30,34)(H,31,35,37)/b19-8-. The highest BCUT2D eigenvalue weighted by Crippen LogP contribution is 2.37. The molecule has 0 aromatic heterocycles. The molecule has 2 N–H and O–H groups in total. The number of hydrogen-bond donors (Lipinski definition) is 2. The van der Waals surface area contributed by atoms with Gasteiger partial charge in [-0.05, 0) is 70.4 Å². The lowest BCUT2D eigenvalue weighted by Gasteiger charge is -2.26. The number of carbonyl (C=O) groups is 4. The first-order valence-corrected chi connectivity index (χ1v) is 12.9. The second-order valence-corrected chi connectivity index (χ2v) is 9.83. The molecule has 1 saturated heterocycles. The summed E-state index contributed by atoms with van der Waals surface area (Å²) in [5, 5.41) is 16.4. The number of halogens is 2. The minimum Gasteiger partial charge on any atom is -0.493 e. The van der Waals surface area contributed by atoms with Crippen LogP contribution in [0.3, 0.4) is 0 Å². The van der Waals surface area contributed by atoms with E-state index in [1.54, 1.807) is 18.2 Å². The van der Waals surface area contributed by atoms with Gasteiger partial charge in [-0.15, -0.1) is 0 Å². The molecule has 12 nitrogen and oxygen atoms in total. The predicted molar refractivity (Wildman–Crippen MR) is 153 cm³/mol. The molecule has 4 rings (SSSR count). The Kier molecular flexibility index (Phi) is 8.69. The molecule has 3 aromatic carbocycles. The maximum absolute atomic E-state index is 13.2. The van der Waals surface area contributed by atoms with E-state index in [4.69, 9.17) is 21.1 Å². The van der Waals surface area contributed by atoms with Crippen LogP contribution >= 0.6 is 27.5 Å². The topological polar surface area (TPSA) is 157 Å². The summed E-state index contributed by atoms with van der Waals surface area (Å²) in [5.41, 5.74) is 0.831. The van der Waals surface area contributed by atoms with Gasteiger partial charge in [-0.2, -0.15) is 0 Å². The quantitative estimate of drug-likeness (QED) is 0.150. The molecule has 0 unspecified atom stereocenters. The molecule has 1 fully saturated rings. The van der Waals surface area contributed by atoms with E-state index < -0.39 is 34.2 Å². The second kappa shape index (κ2) is 12.2. The summed E-state index contributed by atoms with van der Waals surface area (Å²) in [6.07, 6.45) is 1.22. The molecular formula is C27H20BrClN4O8. The summed E-state index contributed by atoms with van der Waals surface area (Å²) in [6.45, 7) is 1.46. The molecule has 1 aliphatic heterocycles. The first kappa shape index (κ1) is 29.2. The zero-order chi connectivity index (χ0) is 29.8. The Hall–Kier alpha value is -4.75. The smallest absolute Gasteiger partial charge is 0.335 e. The highest BCUT2D eigenvalue weighted by atomic mass is 79.9. The van der Waals surface area contributed by atoms with Crippen LogP contribution in [0.5, 0.6) is 11.5 Å². The number of anilines is 2. The SMILES string of the molecule is COc1cc(/C=C2/C(=O)NC(=O)N(c3cccc([N+](=O)[O-])c3)C2=O)cc(Br)c1OCC(=O)Nc1ccc(C)c(Cl)c1. The molecular weight excluding hydrogens is 624 g/mol. The summed E-state index contributed by atoms with van der Waals surface area (Å²) < 4.78 is 11.4. The van der Waals surface area contributed by atoms with Gasteiger partial charge >= 0.3 is 6.03 Å². The third-order valence-corrected chi connectivity index (χ3v) is 6.76. The minimum atomic E-state index is -1.05. The number of carbonyl (C=O) groups excluding carboxylic acids is 4. The van der Waals surface area contributed by atoms with Crippen LogP contribution < -0.4 is 25.0 Å². The van der Waals surface area contributed by atoms with Crippen LogP contribution in [0.4, 0.5) is 21.9 Å². The number of nitrogens with zero attached hydrogens (tertiary/aromatic N) is 2. The van der Waals surface area contributed by atoms with E-state index in [0.717, 1.165) is 11.6 Å². The number of rotatable bonds is 8. The van der Waals surface area contributed by atoms with Crippen molar-refractivity contribution in [1.29, 1.82) is 0 Å². The molecule has 5 amide bonds. The van der Waals surface area contributed by atoms with E-state index in [1.807, 2.05) is 6.92 Å². The molecule has 0 spiro atoms. The van der Waals surface area contributed by atoms with Crippen molar-refractivity contribution in [2.45, 2.75) is 6.92 Å². The van der Waals surface area contributed by atoms with Crippen LogP contribution in [-0.4, -0.2) is 42.4 Å². The Labute approximate surface area is 246 Å². The largest absolute Gasteiger partial charge is 0.493 e. The maximum atomic E-state index is 13.2. The third kappa shape index (κ3) is 6.53. The van der Waals surface area contributed by atoms with Crippen molar-refractivity contribution in [2.24, 2.45) is 0 Å². The Morgan fingerprint density at radius 2 is 1.93 bits per heavy atom. The van der Waals surface area contributed by atoms with Gasteiger partial charge in [0.05, 0.1) is 22.2 Å². The summed E-state index contributed by atoms with van der Waals surface area (Å²) in [7, 11) is 1.36. The van der Waals surface area contributed by atoms with Gasteiger partial charge in [0.15, 0.2) is 18.1 Å². The fourth-order valence-electron chi connectivity index (χ4n) is 3.77. The number of ether oxygens (including phenoxy) is 2. The van der Waals surface area contributed by atoms with Gasteiger partial charge in [-0.3, -0.25) is 29.8 Å². The lowest BCUT2D eigenvalue weighted by atomic mass is 10.1. The zero-order valence-electron chi connectivity index (χ0n) is 21.4. The van der Waals surface area contributed by atoms with Crippen molar-refractivity contribution >= 4 is 74.4 Å². The highest BCUT2D eigenvalue weighted by Gasteiger charge is 2.37. The lowest BCUT2D eigenvalue weighted by Crippen LogP contribution is -2.54. The average Bonchev–Trinajstić information content (AvgIpc) is 2.92. The molecule has 0 aliphatic carbocycles. The Morgan fingerprint density at radius 1 is 1.17 bits per heavy atom. The van der Waals surface area contributed by atoms with Crippen LogP contribution in [0.15, 0.2) is 64.6 Å². The van der Waals surface area contributed by atoms with E-state index >= 15 is 0 Å². The minimum absolute atomic E-state index is 0.0891. The molecule has 0 saturated carbocycles. The van der Waals surface area contributed by atoms with Crippen molar-refractivity contribution in [3.8, 4) is 11.5 Å². The van der Waals surface area contributed by atoms with Crippen molar-refractivity contribution in [3.05, 3.63) is 90.9 Å². The van der Waals surface area contributed by atoms with Crippen LogP contribution in [0.2, 0.25) is 5.02 Å². The maximum Gasteiger partial charge on any atom is 0.335 e. The first-order chi connectivity index (χ1) is 19.5. The van der Waals surface area contributed by atoms with Crippen LogP contribution in [0.25, 0.3) is 6.08 Å². The highest BCUT2D eigenvalue weighted by molar-refractivity contribution is 9.10. The Morgan fingerprint density at radius 3 is 2.61 bits per heavy atom. The van der Waals surface area contributed by atoms with Crippen LogP contribution in [-0.2, 0) is 14.4 Å². The number of benzene rings is 3. The predicted octanol–water partition coefficient (Wildman–Crippen LogP) is 5.01. The number of hydrogen-bond acceptors (Lipinski definition) is 8. The number of nitro benzene ring substituents is 1. The molecule has 3 aromatic rings. The number of urea groups is 1. The van der Waals surface area contributed by atoms with Crippen LogP contribution in [0, 0.1) is 17.0 Å². The molecule has 1 heterocycles. The Bertz CT molecular complexity index is 1640. The number of amides is 5.